The highest BCUT2D eigenvalue weighted by Gasteiger charge is 2.65. The second-order valence-corrected chi connectivity index (χ2v) is 6.84. The summed E-state index contributed by atoms with van der Waals surface area (Å²) in [4.78, 5) is 22.9. The van der Waals surface area contributed by atoms with Crippen molar-refractivity contribution in [2.75, 3.05) is 13.6 Å². The molecule has 1 amide bonds. The molecular formula is C10H19N2O4S+. The standard InChI is InChI=1S/C10H18N2O4S/c1-9(2,3)12(8(15)16)6-10(4,7(13)14)11(5)17-12/h6H2,1-5H3,(H-,13,14,15,16)/p+1. The van der Waals surface area contributed by atoms with Gasteiger partial charge in [0, 0.05) is 7.05 Å². The van der Waals surface area contributed by atoms with Crippen molar-refractivity contribution in [3.05, 3.63) is 0 Å². The van der Waals surface area contributed by atoms with E-state index in [0.29, 0.717) is 0 Å². The molecule has 17 heavy (non-hydrogen) atoms. The van der Waals surface area contributed by atoms with E-state index in [1.807, 2.05) is 0 Å². The third-order valence-corrected chi connectivity index (χ3v) is 5.10. The maximum Gasteiger partial charge on any atom is 0.527 e. The van der Waals surface area contributed by atoms with E-state index in [0.717, 1.165) is 12.1 Å². The first-order valence-electron chi connectivity index (χ1n) is 5.26. The average Bonchev–Trinajstić information content (AvgIpc) is 2.40. The van der Waals surface area contributed by atoms with Gasteiger partial charge in [0.1, 0.15) is 12.1 Å². The summed E-state index contributed by atoms with van der Waals surface area (Å²) in [6.07, 6.45) is -1.01. The van der Waals surface area contributed by atoms with E-state index in [9.17, 15) is 19.8 Å². The number of hydrogen-bond donors (Lipinski definition) is 2. The molecular weight excluding hydrogens is 244 g/mol. The fourth-order valence-electron chi connectivity index (χ4n) is 1.81. The van der Waals surface area contributed by atoms with Crippen LogP contribution in [0.4, 0.5) is 4.79 Å². The van der Waals surface area contributed by atoms with Crippen LogP contribution >= 0.6 is 12.1 Å². The fourth-order valence-corrected chi connectivity index (χ4v) is 3.17. The molecule has 0 aliphatic carbocycles. The molecule has 7 heteroatoms. The molecule has 1 saturated heterocycles. The second kappa shape index (κ2) is 3.86. The number of quaternary nitrogens is 1. The van der Waals surface area contributed by atoms with Crippen LogP contribution in [0.3, 0.4) is 0 Å². The molecule has 0 aromatic carbocycles. The molecule has 1 heterocycles. The largest absolute Gasteiger partial charge is 0.527 e. The number of nitrogens with zero attached hydrogens (tertiary/aromatic N) is 2. The highest BCUT2D eigenvalue weighted by molar-refractivity contribution is 7.92. The molecule has 0 spiro atoms. The smallest absolute Gasteiger partial charge is 0.480 e. The summed E-state index contributed by atoms with van der Waals surface area (Å²) in [6, 6.07) is 0. The maximum absolute atomic E-state index is 11.6. The predicted molar refractivity (Wildman–Crippen MR) is 64.3 cm³/mol. The van der Waals surface area contributed by atoms with Gasteiger partial charge in [-0.05, 0) is 27.7 Å². The van der Waals surface area contributed by atoms with E-state index >= 15 is 0 Å². The van der Waals surface area contributed by atoms with Crippen LogP contribution in [0, 0.1) is 0 Å². The number of amides is 1. The second-order valence-electron chi connectivity index (χ2n) is 5.51. The highest BCUT2D eigenvalue weighted by atomic mass is 32.2. The summed E-state index contributed by atoms with van der Waals surface area (Å²) >= 11 is 1.05. The lowest BCUT2D eigenvalue weighted by Crippen LogP contribution is -2.60. The SMILES string of the molecule is CN1S[N+](C(=O)O)(C(C)(C)C)CC1(C)C(=O)O. The molecule has 1 rings (SSSR count). The normalized spacial score (nSPS) is 34.9. The molecule has 1 aliphatic heterocycles. The molecule has 98 valence electrons. The Hall–Kier alpha value is -0.790. The zero-order valence-corrected chi connectivity index (χ0v) is 11.5. The lowest BCUT2D eigenvalue weighted by atomic mass is 9.98. The summed E-state index contributed by atoms with van der Waals surface area (Å²) in [5.74, 6) is -1.00. The van der Waals surface area contributed by atoms with Crippen LogP contribution in [0.25, 0.3) is 0 Å². The zero-order valence-electron chi connectivity index (χ0n) is 10.7. The van der Waals surface area contributed by atoms with Crippen LogP contribution in [0.1, 0.15) is 27.7 Å². The van der Waals surface area contributed by atoms with Crippen LogP contribution in [-0.4, -0.2) is 55.1 Å². The number of hydrogen-bond acceptors (Lipinski definition) is 4. The minimum Gasteiger partial charge on any atom is -0.480 e. The third-order valence-electron chi connectivity index (χ3n) is 3.34. The van der Waals surface area contributed by atoms with Crippen LogP contribution in [-0.2, 0) is 4.79 Å². The molecule has 0 aromatic heterocycles. The van der Waals surface area contributed by atoms with Gasteiger partial charge in [0.25, 0.3) is 0 Å². The van der Waals surface area contributed by atoms with Crippen molar-refractivity contribution in [2.45, 2.75) is 38.8 Å². The van der Waals surface area contributed by atoms with Crippen LogP contribution in [0.15, 0.2) is 0 Å². The Balaban J connectivity index is 3.26. The van der Waals surface area contributed by atoms with Crippen molar-refractivity contribution in [3.8, 4) is 0 Å². The molecule has 1 aliphatic rings. The first-order chi connectivity index (χ1) is 7.47. The molecule has 0 radical (unpaired) electrons. The lowest BCUT2D eigenvalue weighted by molar-refractivity contribution is -0.770. The van der Waals surface area contributed by atoms with Gasteiger partial charge in [0.05, 0.1) is 0 Å². The Kier molecular flexibility index (Phi) is 3.24. The third kappa shape index (κ3) is 1.92. The van der Waals surface area contributed by atoms with E-state index in [1.165, 1.54) is 4.31 Å². The number of carbonyl (C=O) groups is 2. The molecule has 0 saturated carbocycles. The summed E-state index contributed by atoms with van der Waals surface area (Å²) in [5, 5.41) is 18.7. The van der Waals surface area contributed by atoms with Crippen molar-refractivity contribution in [1.82, 2.24) is 4.31 Å². The average molecular weight is 263 g/mol. The Labute approximate surface area is 105 Å². The molecule has 2 N–H and O–H groups in total. The van der Waals surface area contributed by atoms with Crippen molar-refractivity contribution in [2.24, 2.45) is 0 Å². The molecule has 6 nitrogen and oxygen atoms in total. The first-order valence-corrected chi connectivity index (χ1v) is 5.99. The van der Waals surface area contributed by atoms with Crippen molar-refractivity contribution in [3.63, 3.8) is 0 Å². The first kappa shape index (κ1) is 14.3. The van der Waals surface area contributed by atoms with Gasteiger partial charge in [0.15, 0.2) is 17.7 Å². The summed E-state index contributed by atoms with van der Waals surface area (Å²) in [6.45, 7) is 6.99. The van der Waals surface area contributed by atoms with Crippen LogP contribution < -0.4 is 0 Å². The van der Waals surface area contributed by atoms with Crippen LogP contribution in [0.5, 0.6) is 0 Å². The summed E-state index contributed by atoms with van der Waals surface area (Å²) in [5.41, 5.74) is -1.76. The molecule has 2 unspecified atom stereocenters. The lowest BCUT2D eigenvalue weighted by Gasteiger charge is -2.37. The van der Waals surface area contributed by atoms with Gasteiger partial charge >= 0.3 is 12.1 Å². The minimum absolute atomic E-state index is 0.0301. The zero-order chi connectivity index (χ0) is 13.6. The molecule has 2 atom stereocenters. The van der Waals surface area contributed by atoms with Crippen LogP contribution in [0.2, 0.25) is 0 Å². The number of aliphatic carboxylic acids is 1. The Morgan fingerprint density at radius 3 is 2.00 bits per heavy atom. The topological polar surface area (TPSA) is 77.8 Å². The number of carboxylic acids is 1. The molecule has 0 aromatic rings. The maximum atomic E-state index is 11.6. The monoisotopic (exact) mass is 263 g/mol. The number of carboxylic acid groups (broad SMARTS) is 2. The Morgan fingerprint density at radius 2 is 1.82 bits per heavy atom. The summed E-state index contributed by atoms with van der Waals surface area (Å²) < 4.78 is 1.18. The summed E-state index contributed by atoms with van der Waals surface area (Å²) in [7, 11) is 1.62. The van der Waals surface area contributed by atoms with Gasteiger partial charge in [0.2, 0.25) is 0 Å². The van der Waals surface area contributed by atoms with E-state index in [4.69, 9.17) is 0 Å². The van der Waals surface area contributed by atoms with Gasteiger partial charge < -0.3 is 10.2 Å². The van der Waals surface area contributed by atoms with Gasteiger partial charge in [-0.2, -0.15) is 9.10 Å². The number of likely N-dealkylation sites (N-methyl/N-ethyl adjacent to an activating group) is 1. The Bertz CT molecular complexity index is 368. The van der Waals surface area contributed by atoms with E-state index in [2.05, 4.69) is 0 Å². The van der Waals surface area contributed by atoms with Crippen molar-refractivity contribution >= 4 is 24.2 Å². The van der Waals surface area contributed by atoms with E-state index in [1.54, 1.807) is 34.7 Å². The van der Waals surface area contributed by atoms with Gasteiger partial charge in [-0.3, -0.25) is 0 Å². The number of rotatable bonds is 1. The highest BCUT2D eigenvalue weighted by Crippen LogP contribution is 2.47. The van der Waals surface area contributed by atoms with Gasteiger partial charge in [-0.1, -0.05) is 0 Å². The van der Waals surface area contributed by atoms with Gasteiger partial charge in [-0.25, -0.2) is 4.79 Å². The van der Waals surface area contributed by atoms with E-state index < -0.39 is 23.1 Å². The van der Waals surface area contributed by atoms with Crippen molar-refractivity contribution < 1.29 is 23.7 Å². The fraction of sp³-hybridized carbons (Fsp3) is 0.800. The van der Waals surface area contributed by atoms with Crippen molar-refractivity contribution in [1.29, 1.82) is 0 Å². The molecule has 1 fully saturated rings. The Morgan fingerprint density at radius 1 is 1.35 bits per heavy atom. The van der Waals surface area contributed by atoms with Gasteiger partial charge in [-0.15, -0.1) is 3.89 Å². The van der Waals surface area contributed by atoms with E-state index in [-0.39, 0.29) is 10.4 Å². The quantitative estimate of drug-likeness (QED) is 0.553. The molecule has 0 bridgehead atoms. The predicted octanol–water partition coefficient (Wildman–Crippen LogP) is 1.63. The minimum atomic E-state index is -1.17.